The number of aromatic nitrogens is 1. The minimum Gasteiger partial charge on any atom is -0.356 e. The molecular formula is C17H31N3S. The first kappa shape index (κ1) is 18.3. The lowest BCUT2D eigenvalue weighted by Gasteiger charge is -2.26. The lowest BCUT2D eigenvalue weighted by atomic mass is 10.1. The SMILES string of the molecule is CCCNCc1cc(CCC)nc(N(C)C(C)CSC)c1. The quantitative estimate of drug-likeness (QED) is 0.667. The van der Waals surface area contributed by atoms with Gasteiger partial charge in [-0.1, -0.05) is 20.3 Å². The third-order valence-corrected chi connectivity index (χ3v) is 4.43. The van der Waals surface area contributed by atoms with Crippen LogP contribution >= 0.6 is 11.8 Å². The van der Waals surface area contributed by atoms with Crippen LogP contribution in [0.2, 0.25) is 0 Å². The lowest BCUT2D eigenvalue weighted by Crippen LogP contribution is -2.32. The molecule has 1 N–H and O–H groups in total. The fourth-order valence-corrected chi connectivity index (χ4v) is 2.99. The van der Waals surface area contributed by atoms with E-state index in [0.29, 0.717) is 6.04 Å². The summed E-state index contributed by atoms with van der Waals surface area (Å²) in [5.41, 5.74) is 2.56. The number of hydrogen-bond acceptors (Lipinski definition) is 4. The standard InChI is InChI=1S/C17H31N3S/c1-6-8-16-10-15(12-18-9-7-2)11-17(19-16)20(4)14(3)13-21-5/h10-11,14,18H,6-9,12-13H2,1-5H3. The largest absolute Gasteiger partial charge is 0.356 e. The fourth-order valence-electron chi connectivity index (χ4n) is 2.29. The van der Waals surface area contributed by atoms with Gasteiger partial charge in [-0.25, -0.2) is 4.98 Å². The van der Waals surface area contributed by atoms with E-state index < -0.39 is 0 Å². The Balaban J connectivity index is 2.89. The number of thioether (sulfide) groups is 1. The maximum absolute atomic E-state index is 4.84. The van der Waals surface area contributed by atoms with E-state index in [1.54, 1.807) is 0 Å². The Morgan fingerprint density at radius 1 is 1.29 bits per heavy atom. The van der Waals surface area contributed by atoms with Gasteiger partial charge in [0.1, 0.15) is 5.82 Å². The second-order valence-corrected chi connectivity index (χ2v) is 6.58. The summed E-state index contributed by atoms with van der Waals surface area (Å²) in [6, 6.07) is 4.99. The Morgan fingerprint density at radius 2 is 2.05 bits per heavy atom. The van der Waals surface area contributed by atoms with Gasteiger partial charge in [-0.15, -0.1) is 0 Å². The van der Waals surface area contributed by atoms with E-state index in [1.807, 2.05) is 11.8 Å². The van der Waals surface area contributed by atoms with Crippen LogP contribution in [0.1, 0.15) is 44.9 Å². The number of hydrogen-bond donors (Lipinski definition) is 1. The molecule has 0 amide bonds. The second kappa shape index (κ2) is 10.1. The monoisotopic (exact) mass is 309 g/mol. The summed E-state index contributed by atoms with van der Waals surface area (Å²) in [6.07, 6.45) is 5.53. The summed E-state index contributed by atoms with van der Waals surface area (Å²) in [6.45, 7) is 8.68. The average molecular weight is 310 g/mol. The molecule has 0 saturated heterocycles. The molecule has 4 heteroatoms. The summed E-state index contributed by atoms with van der Waals surface area (Å²) < 4.78 is 0. The second-order valence-electron chi connectivity index (χ2n) is 5.67. The molecule has 0 saturated carbocycles. The van der Waals surface area contributed by atoms with Crippen molar-refractivity contribution < 1.29 is 0 Å². The van der Waals surface area contributed by atoms with Gasteiger partial charge in [-0.2, -0.15) is 11.8 Å². The highest BCUT2D eigenvalue weighted by Gasteiger charge is 2.12. The minimum absolute atomic E-state index is 0.501. The maximum Gasteiger partial charge on any atom is 0.129 e. The Kier molecular flexibility index (Phi) is 8.77. The predicted molar refractivity (Wildman–Crippen MR) is 96.5 cm³/mol. The van der Waals surface area contributed by atoms with Crippen molar-refractivity contribution in [1.29, 1.82) is 0 Å². The van der Waals surface area contributed by atoms with Gasteiger partial charge in [0.15, 0.2) is 0 Å². The molecule has 1 aromatic heterocycles. The molecule has 0 bridgehead atoms. The summed E-state index contributed by atoms with van der Waals surface area (Å²) >= 11 is 1.89. The Hall–Kier alpha value is -0.740. The first-order valence-corrected chi connectivity index (χ1v) is 9.44. The Bertz CT molecular complexity index is 409. The fraction of sp³-hybridized carbons (Fsp3) is 0.706. The predicted octanol–water partition coefficient (Wildman–Crippen LogP) is 3.72. The molecule has 1 aromatic rings. The van der Waals surface area contributed by atoms with Crippen LogP contribution in [0.15, 0.2) is 12.1 Å². The minimum atomic E-state index is 0.501. The molecule has 0 aliphatic carbocycles. The number of pyridine rings is 1. The summed E-state index contributed by atoms with van der Waals surface area (Å²) in [5, 5.41) is 3.49. The zero-order valence-electron chi connectivity index (χ0n) is 14.3. The molecule has 1 unspecified atom stereocenters. The summed E-state index contributed by atoms with van der Waals surface area (Å²) in [5.74, 6) is 2.23. The molecule has 0 aliphatic heterocycles. The van der Waals surface area contributed by atoms with Crippen LogP contribution < -0.4 is 10.2 Å². The van der Waals surface area contributed by atoms with Crippen LogP contribution in [-0.2, 0) is 13.0 Å². The van der Waals surface area contributed by atoms with E-state index in [4.69, 9.17) is 4.98 Å². The maximum atomic E-state index is 4.84. The summed E-state index contributed by atoms with van der Waals surface area (Å²) in [7, 11) is 2.15. The van der Waals surface area contributed by atoms with E-state index >= 15 is 0 Å². The molecule has 21 heavy (non-hydrogen) atoms. The van der Waals surface area contributed by atoms with Crippen molar-refractivity contribution in [2.45, 2.75) is 52.6 Å². The highest BCUT2D eigenvalue weighted by molar-refractivity contribution is 7.98. The topological polar surface area (TPSA) is 28.2 Å². The van der Waals surface area contributed by atoms with Crippen LogP contribution in [0.25, 0.3) is 0 Å². The molecule has 0 aromatic carbocycles. The smallest absolute Gasteiger partial charge is 0.129 e. The Morgan fingerprint density at radius 3 is 2.67 bits per heavy atom. The molecule has 120 valence electrons. The molecule has 0 spiro atoms. The zero-order valence-corrected chi connectivity index (χ0v) is 15.1. The van der Waals surface area contributed by atoms with Crippen LogP contribution in [0.3, 0.4) is 0 Å². The number of rotatable bonds is 10. The number of anilines is 1. The van der Waals surface area contributed by atoms with Crippen LogP contribution in [-0.4, -0.2) is 36.6 Å². The first-order chi connectivity index (χ1) is 10.1. The van der Waals surface area contributed by atoms with Crippen molar-refractivity contribution in [2.24, 2.45) is 0 Å². The van der Waals surface area contributed by atoms with Crippen molar-refractivity contribution in [3.8, 4) is 0 Å². The van der Waals surface area contributed by atoms with Crippen molar-refractivity contribution in [1.82, 2.24) is 10.3 Å². The van der Waals surface area contributed by atoms with Gasteiger partial charge in [0.2, 0.25) is 0 Å². The number of aryl methyl sites for hydroxylation is 1. The lowest BCUT2D eigenvalue weighted by molar-refractivity contribution is 0.671. The van der Waals surface area contributed by atoms with Crippen LogP contribution in [0.5, 0.6) is 0 Å². The van der Waals surface area contributed by atoms with Gasteiger partial charge in [-0.3, -0.25) is 0 Å². The third-order valence-electron chi connectivity index (χ3n) is 3.62. The van der Waals surface area contributed by atoms with Crippen molar-refractivity contribution in [2.75, 3.05) is 30.5 Å². The molecule has 0 aliphatic rings. The van der Waals surface area contributed by atoms with E-state index in [0.717, 1.165) is 37.5 Å². The van der Waals surface area contributed by atoms with Gasteiger partial charge in [0.05, 0.1) is 0 Å². The van der Waals surface area contributed by atoms with E-state index in [-0.39, 0.29) is 0 Å². The third kappa shape index (κ3) is 6.27. The van der Waals surface area contributed by atoms with Crippen molar-refractivity contribution in [3.63, 3.8) is 0 Å². The van der Waals surface area contributed by atoms with Crippen LogP contribution in [0, 0.1) is 0 Å². The highest BCUT2D eigenvalue weighted by Crippen LogP contribution is 2.18. The summed E-state index contributed by atoms with van der Waals surface area (Å²) in [4.78, 5) is 7.15. The molecule has 0 fully saturated rings. The van der Waals surface area contributed by atoms with E-state index in [2.05, 4.69) is 56.4 Å². The van der Waals surface area contributed by atoms with Gasteiger partial charge in [0, 0.05) is 31.1 Å². The van der Waals surface area contributed by atoms with Crippen LogP contribution in [0.4, 0.5) is 5.82 Å². The average Bonchev–Trinajstić information content (AvgIpc) is 2.47. The molecule has 1 heterocycles. The van der Waals surface area contributed by atoms with E-state index in [9.17, 15) is 0 Å². The number of nitrogens with zero attached hydrogens (tertiary/aromatic N) is 2. The first-order valence-electron chi connectivity index (χ1n) is 8.04. The van der Waals surface area contributed by atoms with Gasteiger partial charge in [-0.05, 0) is 50.3 Å². The van der Waals surface area contributed by atoms with E-state index in [1.165, 1.54) is 17.7 Å². The van der Waals surface area contributed by atoms with Crippen molar-refractivity contribution in [3.05, 3.63) is 23.4 Å². The normalized spacial score (nSPS) is 12.4. The van der Waals surface area contributed by atoms with Gasteiger partial charge >= 0.3 is 0 Å². The van der Waals surface area contributed by atoms with Gasteiger partial charge < -0.3 is 10.2 Å². The molecular weight excluding hydrogens is 278 g/mol. The highest BCUT2D eigenvalue weighted by atomic mass is 32.2. The number of nitrogens with one attached hydrogen (secondary N) is 1. The van der Waals surface area contributed by atoms with Gasteiger partial charge in [0.25, 0.3) is 0 Å². The molecule has 3 nitrogen and oxygen atoms in total. The molecule has 0 radical (unpaired) electrons. The molecule has 1 rings (SSSR count). The molecule has 1 atom stereocenters. The zero-order chi connectivity index (χ0) is 15.7. The Labute approximate surface area is 134 Å². The van der Waals surface area contributed by atoms with Crippen molar-refractivity contribution >= 4 is 17.6 Å².